The highest BCUT2D eigenvalue weighted by Crippen LogP contribution is 2.32. The number of unbranched alkanes of at least 4 members (excludes halogenated alkanes) is 4. The molecule has 116 valence electrons. The zero-order chi connectivity index (χ0) is 15.2. The molecule has 2 rings (SSSR count). The second-order valence-electron chi connectivity index (χ2n) is 5.36. The highest BCUT2D eigenvalue weighted by molar-refractivity contribution is 7.18. The second kappa shape index (κ2) is 8.06. The normalized spacial score (nSPS) is 11.4. The lowest BCUT2D eigenvalue weighted by molar-refractivity contribution is 0.111. The van der Waals surface area contributed by atoms with Gasteiger partial charge in [-0.3, -0.25) is 0 Å². The van der Waals surface area contributed by atoms with Gasteiger partial charge in [0.05, 0.1) is 5.39 Å². The molecule has 0 aromatic carbocycles. The van der Waals surface area contributed by atoms with Crippen molar-refractivity contribution in [1.29, 1.82) is 0 Å². The number of aromatic nitrogens is 2. The molecular weight excluding hydrogens is 304 g/mol. The molecule has 0 aliphatic heterocycles. The molecule has 0 fully saturated rings. The summed E-state index contributed by atoms with van der Waals surface area (Å²) < 4.78 is 5.66. The van der Waals surface area contributed by atoms with E-state index in [2.05, 4.69) is 30.7 Å². The second-order valence-corrected chi connectivity index (χ2v) is 6.92. The van der Waals surface area contributed by atoms with E-state index in [1.165, 1.54) is 36.1 Å². The number of nitrogens with zero attached hydrogens (tertiary/aromatic N) is 2. The lowest BCUT2D eigenvalue weighted by Gasteiger charge is -2.04. The molecule has 0 N–H and O–H groups in total. The Bertz CT molecular complexity index is 597. The van der Waals surface area contributed by atoms with Crippen LogP contribution in [-0.2, 0) is 11.3 Å². The lowest BCUT2D eigenvalue weighted by atomic mass is 10.2. The van der Waals surface area contributed by atoms with E-state index in [0.717, 1.165) is 23.2 Å². The van der Waals surface area contributed by atoms with E-state index in [-0.39, 0.29) is 0 Å². The molecule has 0 aliphatic carbocycles. The number of hydrogen-bond acceptors (Lipinski definition) is 4. The molecule has 0 saturated carbocycles. The standard InChI is InChI=1S/C16H23ClN2OS/c1-4-5-6-7-8-9-20-10-13-18-15(17)14-11(2)12(3)21-16(14)19-13/h4-10H2,1-3H3. The Morgan fingerprint density at radius 3 is 2.62 bits per heavy atom. The first-order valence-electron chi connectivity index (χ1n) is 7.63. The maximum absolute atomic E-state index is 6.28. The average molecular weight is 327 g/mol. The number of aryl methyl sites for hydroxylation is 2. The third-order valence-electron chi connectivity index (χ3n) is 3.65. The van der Waals surface area contributed by atoms with Crippen LogP contribution in [0.5, 0.6) is 0 Å². The van der Waals surface area contributed by atoms with Gasteiger partial charge in [0.25, 0.3) is 0 Å². The Hall–Kier alpha value is -0.710. The fraction of sp³-hybridized carbons (Fsp3) is 0.625. The molecular formula is C16H23ClN2OS. The number of ether oxygens (including phenoxy) is 1. The quantitative estimate of drug-likeness (QED) is 0.478. The molecule has 2 aromatic rings. The summed E-state index contributed by atoms with van der Waals surface area (Å²) in [6, 6.07) is 0. The zero-order valence-electron chi connectivity index (χ0n) is 13.0. The predicted octanol–water partition coefficient (Wildman–Crippen LogP) is 5.45. The van der Waals surface area contributed by atoms with Crippen LogP contribution in [-0.4, -0.2) is 16.6 Å². The van der Waals surface area contributed by atoms with E-state index in [9.17, 15) is 0 Å². The van der Waals surface area contributed by atoms with Crippen molar-refractivity contribution in [3.05, 3.63) is 21.4 Å². The average Bonchev–Trinajstić information content (AvgIpc) is 2.73. The minimum Gasteiger partial charge on any atom is -0.373 e. The molecule has 0 aliphatic rings. The molecule has 0 amide bonds. The van der Waals surface area contributed by atoms with E-state index in [1.54, 1.807) is 11.3 Å². The van der Waals surface area contributed by atoms with Crippen LogP contribution in [0.15, 0.2) is 0 Å². The zero-order valence-corrected chi connectivity index (χ0v) is 14.6. The maximum atomic E-state index is 6.28. The van der Waals surface area contributed by atoms with Gasteiger partial charge in [-0.05, 0) is 25.8 Å². The van der Waals surface area contributed by atoms with Crippen molar-refractivity contribution in [2.24, 2.45) is 0 Å². The Morgan fingerprint density at radius 2 is 1.86 bits per heavy atom. The molecule has 0 atom stereocenters. The third-order valence-corrected chi connectivity index (χ3v) is 5.03. The van der Waals surface area contributed by atoms with Crippen molar-refractivity contribution in [3.8, 4) is 0 Å². The van der Waals surface area contributed by atoms with Gasteiger partial charge < -0.3 is 4.74 Å². The minimum absolute atomic E-state index is 0.444. The van der Waals surface area contributed by atoms with E-state index in [4.69, 9.17) is 16.3 Å². The molecule has 2 heterocycles. The minimum atomic E-state index is 0.444. The van der Waals surface area contributed by atoms with Crippen molar-refractivity contribution in [2.45, 2.75) is 59.5 Å². The van der Waals surface area contributed by atoms with Crippen LogP contribution in [0.1, 0.15) is 55.3 Å². The van der Waals surface area contributed by atoms with Crippen LogP contribution in [0.3, 0.4) is 0 Å². The van der Waals surface area contributed by atoms with Gasteiger partial charge in [0.1, 0.15) is 16.6 Å². The van der Waals surface area contributed by atoms with Crippen LogP contribution in [0.4, 0.5) is 0 Å². The van der Waals surface area contributed by atoms with Gasteiger partial charge in [-0.15, -0.1) is 11.3 Å². The van der Waals surface area contributed by atoms with Crippen LogP contribution in [0.25, 0.3) is 10.2 Å². The first-order chi connectivity index (χ1) is 10.1. The first-order valence-corrected chi connectivity index (χ1v) is 8.82. The molecule has 0 saturated heterocycles. The summed E-state index contributed by atoms with van der Waals surface area (Å²) in [4.78, 5) is 11.1. The third kappa shape index (κ3) is 4.38. The fourth-order valence-electron chi connectivity index (χ4n) is 2.28. The summed E-state index contributed by atoms with van der Waals surface area (Å²) in [7, 11) is 0. The topological polar surface area (TPSA) is 35.0 Å². The molecule has 5 heteroatoms. The predicted molar refractivity (Wildman–Crippen MR) is 90.3 cm³/mol. The molecule has 21 heavy (non-hydrogen) atoms. The molecule has 3 nitrogen and oxygen atoms in total. The van der Waals surface area contributed by atoms with Crippen LogP contribution < -0.4 is 0 Å². The van der Waals surface area contributed by atoms with Gasteiger partial charge in [0.2, 0.25) is 0 Å². The van der Waals surface area contributed by atoms with Crippen LogP contribution in [0, 0.1) is 13.8 Å². The largest absolute Gasteiger partial charge is 0.373 e. The molecule has 2 aromatic heterocycles. The summed E-state index contributed by atoms with van der Waals surface area (Å²) in [5.74, 6) is 0.683. The number of fused-ring (bicyclic) bond motifs is 1. The number of rotatable bonds is 8. The van der Waals surface area contributed by atoms with E-state index in [0.29, 0.717) is 17.6 Å². The molecule has 0 unspecified atom stereocenters. The van der Waals surface area contributed by atoms with Crippen molar-refractivity contribution in [3.63, 3.8) is 0 Å². The Balaban J connectivity index is 1.88. The van der Waals surface area contributed by atoms with Gasteiger partial charge in [-0.2, -0.15) is 0 Å². The summed E-state index contributed by atoms with van der Waals surface area (Å²) >= 11 is 7.95. The highest BCUT2D eigenvalue weighted by Gasteiger charge is 2.13. The molecule has 0 spiro atoms. The monoisotopic (exact) mass is 326 g/mol. The fourth-order valence-corrected chi connectivity index (χ4v) is 3.71. The summed E-state index contributed by atoms with van der Waals surface area (Å²) in [5.41, 5.74) is 1.18. The lowest BCUT2D eigenvalue weighted by Crippen LogP contribution is -2.01. The highest BCUT2D eigenvalue weighted by atomic mass is 35.5. The molecule has 0 radical (unpaired) electrons. The van der Waals surface area contributed by atoms with Gasteiger partial charge in [0, 0.05) is 11.5 Å². The van der Waals surface area contributed by atoms with Crippen molar-refractivity contribution in [1.82, 2.24) is 9.97 Å². The Morgan fingerprint density at radius 1 is 1.10 bits per heavy atom. The first kappa shape index (κ1) is 16.7. The molecule has 0 bridgehead atoms. The smallest absolute Gasteiger partial charge is 0.157 e. The number of thiophene rings is 1. The van der Waals surface area contributed by atoms with Crippen molar-refractivity contribution >= 4 is 33.2 Å². The number of hydrogen-bond donors (Lipinski definition) is 0. The van der Waals surface area contributed by atoms with Gasteiger partial charge >= 0.3 is 0 Å². The summed E-state index contributed by atoms with van der Waals surface area (Å²) in [6.07, 6.45) is 6.21. The van der Waals surface area contributed by atoms with E-state index >= 15 is 0 Å². The van der Waals surface area contributed by atoms with Gasteiger partial charge in [-0.1, -0.05) is 44.2 Å². The van der Waals surface area contributed by atoms with Gasteiger partial charge in [-0.25, -0.2) is 9.97 Å². The summed E-state index contributed by atoms with van der Waals surface area (Å²) in [5, 5.41) is 1.53. The van der Waals surface area contributed by atoms with Crippen molar-refractivity contribution in [2.75, 3.05) is 6.61 Å². The van der Waals surface area contributed by atoms with Crippen molar-refractivity contribution < 1.29 is 4.74 Å². The van der Waals surface area contributed by atoms with E-state index < -0.39 is 0 Å². The van der Waals surface area contributed by atoms with E-state index in [1.807, 2.05) is 0 Å². The SMILES string of the molecule is CCCCCCCOCc1nc(Cl)c2c(C)c(C)sc2n1. The Labute approximate surface area is 135 Å². The van der Waals surface area contributed by atoms with Crippen LogP contribution >= 0.6 is 22.9 Å². The number of halogens is 1. The Kier molecular flexibility index (Phi) is 6.40. The van der Waals surface area contributed by atoms with Gasteiger partial charge in [0.15, 0.2) is 5.82 Å². The summed E-state index contributed by atoms with van der Waals surface area (Å²) in [6.45, 7) is 7.59. The maximum Gasteiger partial charge on any atom is 0.157 e. The van der Waals surface area contributed by atoms with Crippen LogP contribution in [0.2, 0.25) is 5.15 Å².